The highest BCUT2D eigenvalue weighted by Gasteiger charge is 1.99. The van der Waals surface area contributed by atoms with E-state index < -0.39 is 0 Å². The van der Waals surface area contributed by atoms with E-state index in [2.05, 4.69) is 44.1 Å². The quantitative estimate of drug-likeness (QED) is 0.791. The van der Waals surface area contributed by atoms with Crippen molar-refractivity contribution in [3.8, 4) is 0 Å². The molecule has 0 aliphatic carbocycles. The topological polar surface area (TPSA) is 21.3 Å². The van der Waals surface area contributed by atoms with Crippen LogP contribution in [0, 0.1) is 0 Å². The largest absolute Gasteiger partial charge is 0.382 e. The molecule has 0 aliphatic heterocycles. The third-order valence-electron chi connectivity index (χ3n) is 1.84. The van der Waals surface area contributed by atoms with Crippen molar-refractivity contribution in [1.82, 2.24) is 0 Å². The zero-order chi connectivity index (χ0) is 11.1. The molecule has 0 saturated carbocycles. The second-order valence-electron chi connectivity index (χ2n) is 3.16. The van der Waals surface area contributed by atoms with Gasteiger partial charge in [0.25, 0.3) is 0 Å². The van der Waals surface area contributed by atoms with Crippen LogP contribution < -0.4 is 5.32 Å². The number of ether oxygens (including phenoxy) is 1. The lowest BCUT2D eigenvalue weighted by Crippen LogP contribution is -2.10. The third kappa shape index (κ3) is 5.00. The van der Waals surface area contributed by atoms with E-state index in [9.17, 15) is 0 Å². The van der Waals surface area contributed by atoms with Gasteiger partial charge >= 0.3 is 0 Å². The highest BCUT2D eigenvalue weighted by atomic mass is 79.9. The zero-order valence-corrected chi connectivity index (χ0v) is 11.9. The Bertz CT molecular complexity index is 305. The van der Waals surface area contributed by atoms with E-state index in [1.54, 1.807) is 0 Å². The van der Waals surface area contributed by atoms with Gasteiger partial charge in [0.05, 0.1) is 6.61 Å². The Morgan fingerprint density at radius 3 is 2.80 bits per heavy atom. The fourth-order valence-electron chi connectivity index (χ4n) is 1.14. The van der Waals surface area contributed by atoms with E-state index in [4.69, 9.17) is 4.74 Å². The first kappa shape index (κ1) is 13.0. The molecule has 1 rings (SSSR count). The van der Waals surface area contributed by atoms with Crippen molar-refractivity contribution in [2.75, 3.05) is 25.1 Å². The van der Waals surface area contributed by atoms with Gasteiger partial charge in [-0.05, 0) is 40.5 Å². The Kier molecular flexibility index (Phi) is 6.29. The van der Waals surface area contributed by atoms with Crippen molar-refractivity contribution in [1.29, 1.82) is 0 Å². The molecule has 0 fully saturated rings. The first-order valence-corrected chi connectivity index (χ1v) is 6.59. The predicted octanol–water partition coefficient (Wildman–Crippen LogP) is 4.05. The summed E-state index contributed by atoms with van der Waals surface area (Å²) in [6.45, 7) is 4.52. The van der Waals surface area contributed by atoms with Crippen molar-refractivity contribution in [3.05, 3.63) is 27.1 Å². The molecule has 0 saturated heterocycles. The second-order valence-corrected chi connectivity index (χ2v) is 4.93. The van der Waals surface area contributed by atoms with Gasteiger partial charge in [0.15, 0.2) is 0 Å². The Morgan fingerprint density at radius 1 is 1.27 bits per heavy atom. The number of rotatable bonds is 6. The van der Waals surface area contributed by atoms with Crippen LogP contribution in [-0.4, -0.2) is 19.8 Å². The van der Waals surface area contributed by atoms with Gasteiger partial charge in [0, 0.05) is 27.8 Å². The second kappa shape index (κ2) is 7.25. The van der Waals surface area contributed by atoms with Crippen LogP contribution in [0.5, 0.6) is 0 Å². The van der Waals surface area contributed by atoms with E-state index >= 15 is 0 Å². The number of benzene rings is 1. The zero-order valence-electron chi connectivity index (χ0n) is 8.72. The van der Waals surface area contributed by atoms with Crippen molar-refractivity contribution in [2.24, 2.45) is 0 Å². The maximum Gasteiger partial charge on any atom is 0.0639 e. The summed E-state index contributed by atoms with van der Waals surface area (Å²) in [4.78, 5) is 0. The SMILES string of the molecule is CCCOCCNc1cc(Br)ccc1Br. The molecule has 0 atom stereocenters. The summed E-state index contributed by atoms with van der Waals surface area (Å²) in [6.07, 6.45) is 1.07. The molecule has 15 heavy (non-hydrogen) atoms. The molecular formula is C11H15Br2NO. The van der Waals surface area contributed by atoms with Gasteiger partial charge in [-0.15, -0.1) is 0 Å². The molecule has 0 aliphatic rings. The first-order valence-electron chi connectivity index (χ1n) is 5.00. The molecule has 0 aromatic heterocycles. The van der Waals surface area contributed by atoms with Crippen LogP contribution in [0.1, 0.15) is 13.3 Å². The van der Waals surface area contributed by atoms with Gasteiger partial charge in [-0.1, -0.05) is 22.9 Å². The van der Waals surface area contributed by atoms with Crippen LogP contribution in [0.15, 0.2) is 27.1 Å². The van der Waals surface area contributed by atoms with Crippen molar-refractivity contribution >= 4 is 37.5 Å². The fraction of sp³-hybridized carbons (Fsp3) is 0.455. The summed E-state index contributed by atoms with van der Waals surface area (Å²) in [5.74, 6) is 0. The van der Waals surface area contributed by atoms with Gasteiger partial charge in [-0.2, -0.15) is 0 Å². The van der Waals surface area contributed by atoms with Gasteiger partial charge in [0.1, 0.15) is 0 Å². The number of halogens is 2. The molecule has 2 nitrogen and oxygen atoms in total. The molecule has 0 bridgehead atoms. The fourth-order valence-corrected chi connectivity index (χ4v) is 1.89. The number of hydrogen-bond donors (Lipinski definition) is 1. The monoisotopic (exact) mass is 335 g/mol. The van der Waals surface area contributed by atoms with Gasteiger partial charge in [-0.25, -0.2) is 0 Å². The van der Waals surface area contributed by atoms with Gasteiger partial charge in [0.2, 0.25) is 0 Å². The number of hydrogen-bond acceptors (Lipinski definition) is 2. The summed E-state index contributed by atoms with van der Waals surface area (Å²) >= 11 is 6.93. The predicted molar refractivity (Wildman–Crippen MR) is 71.4 cm³/mol. The Labute approximate surface area is 108 Å². The van der Waals surface area contributed by atoms with Crippen molar-refractivity contribution in [3.63, 3.8) is 0 Å². The minimum Gasteiger partial charge on any atom is -0.382 e. The van der Waals surface area contributed by atoms with Crippen LogP contribution in [0.25, 0.3) is 0 Å². The maximum absolute atomic E-state index is 5.39. The standard InChI is InChI=1S/C11H15Br2NO/c1-2-6-15-7-5-14-11-8-9(12)3-4-10(11)13/h3-4,8,14H,2,5-7H2,1H3. The summed E-state index contributed by atoms with van der Waals surface area (Å²) in [5.41, 5.74) is 1.09. The molecule has 0 spiro atoms. The maximum atomic E-state index is 5.39. The van der Waals surface area contributed by atoms with Crippen LogP contribution in [0.3, 0.4) is 0 Å². The molecule has 4 heteroatoms. The van der Waals surface area contributed by atoms with Gasteiger partial charge in [-0.3, -0.25) is 0 Å². The highest BCUT2D eigenvalue weighted by molar-refractivity contribution is 9.11. The summed E-state index contributed by atoms with van der Waals surface area (Å²) < 4.78 is 7.53. The van der Waals surface area contributed by atoms with E-state index in [1.165, 1.54) is 0 Å². The van der Waals surface area contributed by atoms with Crippen molar-refractivity contribution in [2.45, 2.75) is 13.3 Å². The molecule has 1 aromatic rings. The molecule has 84 valence electrons. The molecule has 0 unspecified atom stereocenters. The number of anilines is 1. The van der Waals surface area contributed by atoms with E-state index in [0.717, 1.165) is 40.8 Å². The molecule has 0 radical (unpaired) electrons. The average Bonchev–Trinajstić information content (AvgIpc) is 2.23. The summed E-state index contributed by atoms with van der Waals surface area (Å²) in [7, 11) is 0. The Morgan fingerprint density at radius 2 is 2.07 bits per heavy atom. The van der Waals surface area contributed by atoms with E-state index in [0.29, 0.717) is 0 Å². The lowest BCUT2D eigenvalue weighted by molar-refractivity contribution is 0.144. The third-order valence-corrected chi connectivity index (χ3v) is 3.02. The van der Waals surface area contributed by atoms with Crippen molar-refractivity contribution < 1.29 is 4.74 Å². The Hall–Kier alpha value is -0.0600. The van der Waals surface area contributed by atoms with Crippen LogP contribution in [-0.2, 0) is 4.74 Å². The van der Waals surface area contributed by atoms with Gasteiger partial charge < -0.3 is 10.1 Å². The molecule has 1 aromatic carbocycles. The molecule has 0 amide bonds. The molecular weight excluding hydrogens is 322 g/mol. The van der Waals surface area contributed by atoms with E-state index in [1.807, 2.05) is 18.2 Å². The normalized spacial score (nSPS) is 10.3. The number of nitrogens with one attached hydrogen (secondary N) is 1. The van der Waals surface area contributed by atoms with Crippen LogP contribution in [0.2, 0.25) is 0 Å². The minimum atomic E-state index is 0.743. The molecule has 1 N–H and O–H groups in total. The lowest BCUT2D eigenvalue weighted by Gasteiger charge is -2.09. The Balaban J connectivity index is 2.33. The lowest BCUT2D eigenvalue weighted by atomic mass is 10.3. The smallest absolute Gasteiger partial charge is 0.0639 e. The van der Waals surface area contributed by atoms with E-state index in [-0.39, 0.29) is 0 Å². The molecule has 0 heterocycles. The summed E-state index contributed by atoms with van der Waals surface area (Å²) in [6, 6.07) is 6.06. The first-order chi connectivity index (χ1) is 7.24. The highest BCUT2D eigenvalue weighted by Crippen LogP contribution is 2.25. The average molecular weight is 337 g/mol. The van der Waals surface area contributed by atoms with Crippen LogP contribution in [0.4, 0.5) is 5.69 Å². The minimum absolute atomic E-state index is 0.743. The summed E-state index contributed by atoms with van der Waals surface area (Å²) in [5, 5.41) is 3.31. The van der Waals surface area contributed by atoms with Crippen LogP contribution >= 0.6 is 31.9 Å².